The zero-order valence-corrected chi connectivity index (χ0v) is 14.6. The van der Waals surface area contributed by atoms with Gasteiger partial charge >= 0.3 is 5.69 Å². The smallest absolute Gasteiger partial charge is 0.333 e. The summed E-state index contributed by atoms with van der Waals surface area (Å²) in [5.74, 6) is 0.430. The number of hydrogen-bond acceptors (Lipinski definition) is 6. The van der Waals surface area contributed by atoms with E-state index in [-0.39, 0.29) is 5.69 Å². The monoisotopic (exact) mass is 345 g/mol. The number of rotatable bonds is 6. The quantitative estimate of drug-likeness (QED) is 0.637. The van der Waals surface area contributed by atoms with Crippen LogP contribution in [-0.4, -0.2) is 45.9 Å². The standard InChI is InChI=1S/C17H23N5O3/c1-13-16(22(23)24)17(20(2)19-13)18-11-14-3-5-15(6-4-14)12-21-7-9-25-10-8-21/h3-6,18H,7-12H2,1-2H3. The van der Waals surface area contributed by atoms with Crippen molar-refractivity contribution in [3.8, 4) is 0 Å². The van der Waals surface area contributed by atoms with Crippen LogP contribution in [0.4, 0.5) is 11.5 Å². The summed E-state index contributed by atoms with van der Waals surface area (Å²) in [6.45, 7) is 6.60. The van der Waals surface area contributed by atoms with Gasteiger partial charge in [0.05, 0.1) is 18.1 Å². The van der Waals surface area contributed by atoms with E-state index in [2.05, 4.69) is 39.6 Å². The van der Waals surface area contributed by atoms with Crippen LogP contribution in [0.1, 0.15) is 16.8 Å². The Morgan fingerprint density at radius 2 is 1.88 bits per heavy atom. The molecule has 0 aliphatic carbocycles. The summed E-state index contributed by atoms with van der Waals surface area (Å²) in [5, 5.41) is 18.5. The van der Waals surface area contributed by atoms with Gasteiger partial charge in [-0.15, -0.1) is 0 Å². The number of ether oxygens (including phenoxy) is 1. The van der Waals surface area contributed by atoms with Crippen molar-refractivity contribution in [1.29, 1.82) is 0 Å². The molecule has 0 spiro atoms. The fraction of sp³-hybridized carbons (Fsp3) is 0.471. The summed E-state index contributed by atoms with van der Waals surface area (Å²) in [6.07, 6.45) is 0. The van der Waals surface area contributed by atoms with Crippen molar-refractivity contribution in [2.45, 2.75) is 20.0 Å². The number of hydrogen-bond donors (Lipinski definition) is 1. The van der Waals surface area contributed by atoms with E-state index in [0.29, 0.717) is 18.1 Å². The molecule has 2 aromatic rings. The van der Waals surface area contributed by atoms with E-state index in [0.717, 1.165) is 38.4 Å². The number of morpholine rings is 1. The van der Waals surface area contributed by atoms with Crippen molar-refractivity contribution < 1.29 is 9.66 Å². The molecule has 0 unspecified atom stereocenters. The third-order valence-electron chi connectivity index (χ3n) is 4.37. The van der Waals surface area contributed by atoms with Gasteiger partial charge in [0.25, 0.3) is 0 Å². The SMILES string of the molecule is Cc1nn(C)c(NCc2ccc(CN3CCOCC3)cc2)c1[N+](=O)[O-]. The van der Waals surface area contributed by atoms with Crippen LogP contribution in [0.15, 0.2) is 24.3 Å². The molecule has 0 bridgehead atoms. The van der Waals surface area contributed by atoms with Crippen LogP contribution < -0.4 is 5.32 Å². The maximum atomic E-state index is 11.2. The summed E-state index contributed by atoms with van der Waals surface area (Å²) in [4.78, 5) is 13.2. The molecule has 8 nitrogen and oxygen atoms in total. The second-order valence-corrected chi connectivity index (χ2v) is 6.22. The molecule has 0 saturated carbocycles. The van der Waals surface area contributed by atoms with Gasteiger partial charge < -0.3 is 10.1 Å². The van der Waals surface area contributed by atoms with Gasteiger partial charge in [0, 0.05) is 33.2 Å². The molecule has 1 saturated heterocycles. The van der Waals surface area contributed by atoms with Crippen LogP contribution >= 0.6 is 0 Å². The number of nitro groups is 1. The van der Waals surface area contributed by atoms with Crippen molar-refractivity contribution in [2.24, 2.45) is 7.05 Å². The topological polar surface area (TPSA) is 85.5 Å². The zero-order valence-electron chi connectivity index (χ0n) is 14.6. The number of nitrogens with zero attached hydrogens (tertiary/aromatic N) is 4. The summed E-state index contributed by atoms with van der Waals surface area (Å²) >= 11 is 0. The summed E-state index contributed by atoms with van der Waals surface area (Å²) in [5.41, 5.74) is 2.77. The minimum atomic E-state index is -0.393. The molecule has 1 aromatic carbocycles. The molecule has 1 fully saturated rings. The predicted molar refractivity (Wildman–Crippen MR) is 94.5 cm³/mol. The van der Waals surface area contributed by atoms with E-state index in [1.807, 2.05) is 0 Å². The lowest BCUT2D eigenvalue weighted by atomic mass is 10.1. The van der Waals surface area contributed by atoms with Crippen molar-refractivity contribution in [3.05, 3.63) is 51.2 Å². The molecule has 3 rings (SSSR count). The molecule has 0 amide bonds. The molecule has 1 aromatic heterocycles. The van der Waals surface area contributed by atoms with Gasteiger partial charge in [0.15, 0.2) is 0 Å². The van der Waals surface area contributed by atoms with Gasteiger partial charge in [-0.1, -0.05) is 24.3 Å². The summed E-state index contributed by atoms with van der Waals surface area (Å²) in [6, 6.07) is 8.32. The second kappa shape index (κ2) is 7.62. The largest absolute Gasteiger partial charge is 0.379 e. The molecule has 1 aliphatic heterocycles. The number of benzene rings is 1. The molecular weight excluding hydrogens is 322 g/mol. The van der Waals surface area contributed by atoms with Crippen LogP contribution in [-0.2, 0) is 24.9 Å². The van der Waals surface area contributed by atoms with Crippen LogP contribution in [0.25, 0.3) is 0 Å². The third kappa shape index (κ3) is 4.15. The molecule has 1 N–H and O–H groups in total. The van der Waals surface area contributed by atoms with Crippen molar-refractivity contribution in [2.75, 3.05) is 31.6 Å². The van der Waals surface area contributed by atoms with Gasteiger partial charge in [-0.25, -0.2) is 4.68 Å². The fourth-order valence-corrected chi connectivity index (χ4v) is 3.03. The second-order valence-electron chi connectivity index (χ2n) is 6.22. The first-order chi connectivity index (χ1) is 12.0. The molecule has 0 atom stereocenters. The predicted octanol–water partition coefficient (Wildman–Crippen LogP) is 2.08. The Hall–Kier alpha value is -2.45. The first-order valence-corrected chi connectivity index (χ1v) is 8.34. The Kier molecular flexibility index (Phi) is 5.30. The van der Waals surface area contributed by atoms with Crippen molar-refractivity contribution in [1.82, 2.24) is 14.7 Å². The van der Waals surface area contributed by atoms with Crippen LogP contribution in [0.3, 0.4) is 0 Å². The average molecular weight is 345 g/mol. The molecule has 134 valence electrons. The van der Waals surface area contributed by atoms with Gasteiger partial charge in [0.2, 0.25) is 5.82 Å². The Morgan fingerprint density at radius 1 is 1.24 bits per heavy atom. The maximum absolute atomic E-state index is 11.2. The number of anilines is 1. The first kappa shape index (κ1) is 17.4. The summed E-state index contributed by atoms with van der Waals surface area (Å²) in [7, 11) is 1.70. The Labute approximate surface area is 146 Å². The van der Waals surface area contributed by atoms with E-state index in [1.165, 1.54) is 10.2 Å². The minimum Gasteiger partial charge on any atom is -0.379 e. The lowest BCUT2D eigenvalue weighted by Gasteiger charge is -2.26. The van der Waals surface area contributed by atoms with Crippen LogP contribution in [0, 0.1) is 17.0 Å². The Morgan fingerprint density at radius 3 is 2.52 bits per heavy atom. The number of aromatic nitrogens is 2. The minimum absolute atomic E-state index is 0.0337. The van der Waals surface area contributed by atoms with Gasteiger partial charge in [-0.2, -0.15) is 5.10 Å². The molecule has 2 heterocycles. The Balaban J connectivity index is 1.61. The lowest BCUT2D eigenvalue weighted by Crippen LogP contribution is -2.35. The van der Waals surface area contributed by atoms with Gasteiger partial charge in [0.1, 0.15) is 5.69 Å². The van der Waals surface area contributed by atoms with Crippen molar-refractivity contribution in [3.63, 3.8) is 0 Å². The van der Waals surface area contributed by atoms with Crippen LogP contribution in [0.5, 0.6) is 0 Å². The molecule has 1 aliphatic rings. The lowest BCUT2D eigenvalue weighted by molar-refractivity contribution is -0.384. The van der Waals surface area contributed by atoms with E-state index in [9.17, 15) is 10.1 Å². The summed E-state index contributed by atoms with van der Waals surface area (Å²) < 4.78 is 6.88. The highest BCUT2D eigenvalue weighted by Gasteiger charge is 2.23. The van der Waals surface area contributed by atoms with E-state index in [1.54, 1.807) is 14.0 Å². The average Bonchev–Trinajstić information content (AvgIpc) is 2.89. The number of aryl methyl sites for hydroxylation is 2. The molecule has 8 heteroatoms. The van der Waals surface area contributed by atoms with E-state index < -0.39 is 4.92 Å². The van der Waals surface area contributed by atoms with Crippen molar-refractivity contribution >= 4 is 11.5 Å². The highest BCUT2D eigenvalue weighted by Crippen LogP contribution is 2.27. The first-order valence-electron chi connectivity index (χ1n) is 8.34. The third-order valence-corrected chi connectivity index (χ3v) is 4.37. The van der Waals surface area contributed by atoms with E-state index in [4.69, 9.17) is 4.74 Å². The molecular formula is C17H23N5O3. The normalized spacial score (nSPS) is 15.3. The Bertz CT molecular complexity index is 735. The van der Waals surface area contributed by atoms with Gasteiger partial charge in [-0.05, 0) is 18.1 Å². The molecule has 0 radical (unpaired) electrons. The van der Waals surface area contributed by atoms with E-state index >= 15 is 0 Å². The fourth-order valence-electron chi connectivity index (χ4n) is 3.03. The van der Waals surface area contributed by atoms with Crippen LogP contribution in [0.2, 0.25) is 0 Å². The highest BCUT2D eigenvalue weighted by atomic mass is 16.6. The van der Waals surface area contributed by atoms with Gasteiger partial charge in [-0.3, -0.25) is 15.0 Å². The number of nitrogens with one attached hydrogen (secondary N) is 1. The highest BCUT2D eigenvalue weighted by molar-refractivity contribution is 5.59. The molecule has 25 heavy (non-hydrogen) atoms. The zero-order chi connectivity index (χ0) is 17.8. The maximum Gasteiger partial charge on any atom is 0.333 e.